The number of sulfone groups is 1. The summed E-state index contributed by atoms with van der Waals surface area (Å²) in [5.74, 6) is 1.05. The molecule has 0 atom stereocenters. The Labute approximate surface area is 170 Å². The summed E-state index contributed by atoms with van der Waals surface area (Å²) in [6, 6.07) is 14.9. The molecule has 5 nitrogen and oxygen atoms in total. The fourth-order valence-electron chi connectivity index (χ4n) is 3.22. The van der Waals surface area contributed by atoms with Crippen LogP contribution in [0.5, 0.6) is 5.75 Å². The highest BCUT2D eigenvalue weighted by molar-refractivity contribution is 9.10. The normalized spacial score (nSPS) is 15.7. The fraction of sp³-hybridized carbons (Fsp3) is 0.400. The van der Waals surface area contributed by atoms with E-state index in [1.165, 1.54) is 0 Å². The minimum absolute atomic E-state index is 0.143. The molecular formula is C20H25BrN2O3S. The molecule has 0 bridgehead atoms. The zero-order valence-corrected chi connectivity index (χ0v) is 17.9. The van der Waals surface area contributed by atoms with Crippen molar-refractivity contribution in [1.82, 2.24) is 4.90 Å². The van der Waals surface area contributed by atoms with Gasteiger partial charge in [-0.3, -0.25) is 4.90 Å². The fourth-order valence-corrected chi connectivity index (χ4v) is 4.77. The van der Waals surface area contributed by atoms with Crippen molar-refractivity contribution in [3.63, 3.8) is 0 Å². The van der Waals surface area contributed by atoms with Crippen LogP contribution < -0.4 is 9.64 Å². The van der Waals surface area contributed by atoms with Crippen LogP contribution in [0, 0.1) is 0 Å². The summed E-state index contributed by atoms with van der Waals surface area (Å²) in [6.45, 7) is 6.60. The van der Waals surface area contributed by atoms with Crippen molar-refractivity contribution in [1.29, 1.82) is 0 Å². The van der Waals surface area contributed by atoms with Crippen molar-refractivity contribution in [2.24, 2.45) is 0 Å². The summed E-state index contributed by atoms with van der Waals surface area (Å²) < 4.78 is 31.6. The third-order valence-corrected chi connectivity index (χ3v) is 6.97. The van der Waals surface area contributed by atoms with E-state index in [4.69, 9.17) is 4.74 Å². The zero-order valence-electron chi connectivity index (χ0n) is 15.5. The van der Waals surface area contributed by atoms with Crippen LogP contribution >= 0.6 is 15.9 Å². The molecule has 1 aliphatic heterocycles. The van der Waals surface area contributed by atoms with Crippen LogP contribution in [0.4, 0.5) is 5.69 Å². The Morgan fingerprint density at radius 3 is 2.33 bits per heavy atom. The largest absolute Gasteiger partial charge is 0.492 e. The molecule has 0 radical (unpaired) electrons. The van der Waals surface area contributed by atoms with Crippen molar-refractivity contribution in [3.8, 4) is 5.75 Å². The molecule has 146 valence electrons. The number of rotatable bonds is 7. The summed E-state index contributed by atoms with van der Waals surface area (Å²) in [7, 11) is -3.25. The summed E-state index contributed by atoms with van der Waals surface area (Å²) >= 11 is 3.34. The molecule has 1 saturated heterocycles. The predicted molar refractivity (Wildman–Crippen MR) is 112 cm³/mol. The second-order valence-corrected chi connectivity index (χ2v) is 9.53. The van der Waals surface area contributed by atoms with E-state index >= 15 is 0 Å². The van der Waals surface area contributed by atoms with Gasteiger partial charge in [0, 0.05) is 37.2 Å². The quantitative estimate of drug-likeness (QED) is 0.643. The first kappa shape index (κ1) is 20.2. The molecule has 3 rings (SSSR count). The zero-order chi connectivity index (χ0) is 19.3. The SMILES string of the molecule is CCOc1ccccc1N1CCN(CCS(=O)(=O)c2ccc(Br)cc2)CC1. The van der Waals surface area contributed by atoms with Gasteiger partial charge in [0.2, 0.25) is 0 Å². The van der Waals surface area contributed by atoms with Crippen LogP contribution in [0.25, 0.3) is 0 Å². The van der Waals surface area contributed by atoms with Crippen LogP contribution in [0.2, 0.25) is 0 Å². The summed E-state index contributed by atoms with van der Waals surface area (Å²) in [5, 5.41) is 0. The van der Waals surface area contributed by atoms with Gasteiger partial charge in [0.05, 0.1) is 22.9 Å². The minimum Gasteiger partial charge on any atom is -0.492 e. The van der Waals surface area contributed by atoms with Crippen molar-refractivity contribution in [3.05, 3.63) is 53.0 Å². The number of piperazine rings is 1. The van der Waals surface area contributed by atoms with E-state index in [1.807, 2.05) is 25.1 Å². The summed E-state index contributed by atoms with van der Waals surface area (Å²) in [4.78, 5) is 4.91. The van der Waals surface area contributed by atoms with Gasteiger partial charge in [-0.05, 0) is 43.3 Å². The molecule has 1 fully saturated rings. The van der Waals surface area contributed by atoms with Crippen molar-refractivity contribution in [2.45, 2.75) is 11.8 Å². The standard InChI is InChI=1S/C20H25BrN2O3S/c1-2-26-20-6-4-3-5-19(20)23-13-11-22(12-14-23)15-16-27(24,25)18-9-7-17(21)8-10-18/h3-10H,2,11-16H2,1H3. The van der Waals surface area contributed by atoms with Crippen LogP contribution in [0.15, 0.2) is 57.9 Å². The van der Waals surface area contributed by atoms with E-state index in [1.54, 1.807) is 24.3 Å². The minimum atomic E-state index is -3.25. The third kappa shape index (κ3) is 5.24. The lowest BCUT2D eigenvalue weighted by Gasteiger charge is -2.36. The molecule has 1 heterocycles. The average molecular weight is 453 g/mol. The Morgan fingerprint density at radius 2 is 1.67 bits per heavy atom. The molecule has 2 aromatic rings. The van der Waals surface area contributed by atoms with Gasteiger partial charge in [0.1, 0.15) is 5.75 Å². The van der Waals surface area contributed by atoms with Crippen LogP contribution in [0.1, 0.15) is 6.92 Å². The third-order valence-electron chi connectivity index (χ3n) is 4.73. The Bertz CT molecular complexity index is 848. The maximum atomic E-state index is 12.5. The number of halogens is 1. The van der Waals surface area contributed by atoms with Gasteiger partial charge in [-0.1, -0.05) is 28.1 Å². The number of nitrogens with zero attached hydrogens (tertiary/aromatic N) is 2. The van der Waals surface area contributed by atoms with Crippen LogP contribution in [-0.4, -0.2) is 58.4 Å². The smallest absolute Gasteiger partial charge is 0.179 e. The molecule has 0 aliphatic carbocycles. The topological polar surface area (TPSA) is 49.9 Å². The van der Waals surface area contributed by atoms with E-state index in [0.29, 0.717) is 18.0 Å². The first-order chi connectivity index (χ1) is 13.0. The first-order valence-corrected chi connectivity index (χ1v) is 11.6. The maximum Gasteiger partial charge on any atom is 0.179 e. The molecular weight excluding hydrogens is 428 g/mol. The lowest BCUT2D eigenvalue weighted by molar-refractivity contribution is 0.270. The molecule has 0 aromatic heterocycles. The van der Waals surface area contributed by atoms with Gasteiger partial charge in [0.15, 0.2) is 9.84 Å². The molecule has 0 N–H and O–H groups in total. The number of anilines is 1. The molecule has 0 unspecified atom stereocenters. The molecule has 2 aromatic carbocycles. The van der Waals surface area contributed by atoms with Gasteiger partial charge in [-0.2, -0.15) is 0 Å². The molecule has 1 aliphatic rings. The molecule has 27 heavy (non-hydrogen) atoms. The molecule has 0 amide bonds. The average Bonchev–Trinajstić information content (AvgIpc) is 2.68. The molecule has 0 spiro atoms. The highest BCUT2D eigenvalue weighted by Gasteiger charge is 2.22. The second kappa shape index (κ2) is 9.08. The second-order valence-electron chi connectivity index (χ2n) is 6.50. The van der Waals surface area contributed by atoms with E-state index in [-0.39, 0.29) is 5.75 Å². The van der Waals surface area contributed by atoms with E-state index in [2.05, 4.69) is 31.8 Å². The number of benzene rings is 2. The first-order valence-electron chi connectivity index (χ1n) is 9.17. The van der Waals surface area contributed by atoms with Crippen LogP contribution in [0.3, 0.4) is 0 Å². The lowest BCUT2D eigenvalue weighted by Crippen LogP contribution is -2.47. The van der Waals surface area contributed by atoms with E-state index < -0.39 is 9.84 Å². The van der Waals surface area contributed by atoms with Crippen molar-refractivity contribution >= 4 is 31.5 Å². The number of para-hydroxylation sites is 2. The molecule has 0 saturated carbocycles. The van der Waals surface area contributed by atoms with Gasteiger partial charge in [-0.25, -0.2) is 8.42 Å². The monoisotopic (exact) mass is 452 g/mol. The van der Waals surface area contributed by atoms with Gasteiger partial charge in [-0.15, -0.1) is 0 Å². The Morgan fingerprint density at radius 1 is 1.00 bits per heavy atom. The van der Waals surface area contributed by atoms with E-state index in [0.717, 1.165) is 42.1 Å². The number of hydrogen-bond acceptors (Lipinski definition) is 5. The Balaban J connectivity index is 1.55. The number of hydrogen-bond donors (Lipinski definition) is 0. The van der Waals surface area contributed by atoms with Gasteiger partial charge < -0.3 is 9.64 Å². The Hall–Kier alpha value is -1.57. The highest BCUT2D eigenvalue weighted by atomic mass is 79.9. The van der Waals surface area contributed by atoms with Gasteiger partial charge in [0.25, 0.3) is 0 Å². The van der Waals surface area contributed by atoms with E-state index in [9.17, 15) is 8.42 Å². The molecule has 7 heteroatoms. The number of ether oxygens (including phenoxy) is 1. The lowest BCUT2D eigenvalue weighted by atomic mass is 10.2. The van der Waals surface area contributed by atoms with Crippen molar-refractivity contribution < 1.29 is 13.2 Å². The van der Waals surface area contributed by atoms with Crippen LogP contribution in [-0.2, 0) is 9.84 Å². The summed E-state index contributed by atoms with van der Waals surface area (Å²) in [5.41, 5.74) is 1.11. The predicted octanol–water partition coefficient (Wildman–Crippen LogP) is 3.44. The maximum absolute atomic E-state index is 12.5. The summed E-state index contributed by atoms with van der Waals surface area (Å²) in [6.07, 6.45) is 0. The Kier molecular flexibility index (Phi) is 6.78. The van der Waals surface area contributed by atoms with Gasteiger partial charge >= 0.3 is 0 Å². The van der Waals surface area contributed by atoms with Crippen molar-refractivity contribution in [2.75, 3.05) is 50.0 Å². The highest BCUT2D eigenvalue weighted by Crippen LogP contribution is 2.28.